The lowest BCUT2D eigenvalue weighted by molar-refractivity contribution is -0.138. The molecule has 0 N–H and O–H groups in total. The SMILES string of the molecule is CCCC[C@@H]1C(=O)N(C)CCN1C(=O)c1cc(C)oc1C. The molecule has 1 saturated heterocycles. The summed E-state index contributed by atoms with van der Waals surface area (Å²) in [6.45, 7) is 6.88. The monoisotopic (exact) mass is 292 g/mol. The average molecular weight is 292 g/mol. The predicted molar refractivity (Wildman–Crippen MR) is 80.2 cm³/mol. The summed E-state index contributed by atoms with van der Waals surface area (Å²) in [5, 5.41) is 0. The third-order valence-electron chi connectivity index (χ3n) is 4.08. The largest absolute Gasteiger partial charge is 0.466 e. The average Bonchev–Trinajstić information content (AvgIpc) is 2.78. The predicted octanol–water partition coefficient (Wildman–Crippen LogP) is 2.37. The van der Waals surface area contributed by atoms with Crippen LogP contribution in [0.1, 0.15) is 48.1 Å². The maximum atomic E-state index is 12.8. The summed E-state index contributed by atoms with van der Waals surface area (Å²) < 4.78 is 5.45. The van der Waals surface area contributed by atoms with Gasteiger partial charge in [0.25, 0.3) is 5.91 Å². The minimum atomic E-state index is -0.342. The van der Waals surface area contributed by atoms with Gasteiger partial charge in [-0.1, -0.05) is 19.8 Å². The zero-order valence-corrected chi connectivity index (χ0v) is 13.3. The Morgan fingerprint density at radius 2 is 2.10 bits per heavy atom. The third kappa shape index (κ3) is 3.12. The lowest BCUT2D eigenvalue weighted by Crippen LogP contribution is -2.57. The first-order valence-corrected chi connectivity index (χ1v) is 7.58. The van der Waals surface area contributed by atoms with E-state index in [1.54, 1.807) is 29.8 Å². The van der Waals surface area contributed by atoms with Crippen molar-refractivity contribution in [3.05, 3.63) is 23.2 Å². The highest BCUT2D eigenvalue weighted by Crippen LogP contribution is 2.22. The summed E-state index contributed by atoms with van der Waals surface area (Å²) in [4.78, 5) is 28.6. The molecular weight excluding hydrogens is 268 g/mol. The summed E-state index contributed by atoms with van der Waals surface area (Å²) in [6.07, 6.45) is 2.68. The number of carbonyl (C=O) groups is 2. The molecule has 1 aromatic heterocycles. The molecule has 0 radical (unpaired) electrons. The van der Waals surface area contributed by atoms with Crippen molar-refractivity contribution in [2.45, 2.75) is 46.1 Å². The maximum absolute atomic E-state index is 12.8. The maximum Gasteiger partial charge on any atom is 0.258 e. The molecule has 2 amide bonds. The van der Waals surface area contributed by atoms with E-state index < -0.39 is 0 Å². The second-order valence-corrected chi connectivity index (χ2v) is 5.74. The number of hydrogen-bond acceptors (Lipinski definition) is 3. The topological polar surface area (TPSA) is 53.8 Å². The van der Waals surface area contributed by atoms with E-state index in [1.807, 2.05) is 6.92 Å². The van der Waals surface area contributed by atoms with Crippen LogP contribution in [-0.2, 0) is 4.79 Å². The fourth-order valence-electron chi connectivity index (χ4n) is 2.83. The van der Waals surface area contributed by atoms with Crippen LogP contribution in [-0.4, -0.2) is 47.8 Å². The van der Waals surface area contributed by atoms with Crippen LogP contribution in [0.15, 0.2) is 10.5 Å². The van der Waals surface area contributed by atoms with Crippen LogP contribution in [0.5, 0.6) is 0 Å². The van der Waals surface area contributed by atoms with Crippen LogP contribution in [0.2, 0.25) is 0 Å². The highest BCUT2D eigenvalue weighted by Gasteiger charge is 2.36. The molecule has 1 fully saturated rings. The number of rotatable bonds is 4. The van der Waals surface area contributed by atoms with E-state index in [4.69, 9.17) is 4.42 Å². The van der Waals surface area contributed by atoms with E-state index in [1.165, 1.54) is 0 Å². The van der Waals surface area contributed by atoms with Gasteiger partial charge in [-0.3, -0.25) is 9.59 Å². The molecule has 1 aromatic rings. The van der Waals surface area contributed by atoms with Crippen LogP contribution in [0.4, 0.5) is 0 Å². The minimum Gasteiger partial charge on any atom is -0.466 e. The molecule has 5 heteroatoms. The number of likely N-dealkylation sites (N-methyl/N-ethyl adjacent to an activating group) is 1. The van der Waals surface area contributed by atoms with Gasteiger partial charge in [0.1, 0.15) is 17.6 Å². The zero-order chi connectivity index (χ0) is 15.6. The second kappa shape index (κ2) is 6.33. The Balaban J connectivity index is 2.24. The molecule has 2 rings (SSSR count). The van der Waals surface area contributed by atoms with Gasteiger partial charge in [-0.2, -0.15) is 0 Å². The molecule has 116 valence electrons. The molecule has 21 heavy (non-hydrogen) atoms. The Morgan fingerprint density at radius 1 is 1.38 bits per heavy atom. The van der Waals surface area contributed by atoms with Gasteiger partial charge >= 0.3 is 0 Å². The molecular formula is C16H24N2O3. The number of furan rings is 1. The molecule has 0 bridgehead atoms. The highest BCUT2D eigenvalue weighted by atomic mass is 16.3. The van der Waals surface area contributed by atoms with Gasteiger partial charge in [0, 0.05) is 20.1 Å². The molecule has 0 aromatic carbocycles. The first-order valence-electron chi connectivity index (χ1n) is 7.58. The van der Waals surface area contributed by atoms with Gasteiger partial charge in [-0.05, 0) is 26.3 Å². The quantitative estimate of drug-likeness (QED) is 0.856. The van der Waals surface area contributed by atoms with Gasteiger partial charge in [-0.25, -0.2) is 0 Å². The van der Waals surface area contributed by atoms with Crippen molar-refractivity contribution < 1.29 is 14.0 Å². The molecule has 0 spiro atoms. The Morgan fingerprint density at radius 3 is 2.67 bits per heavy atom. The van der Waals surface area contributed by atoms with Crippen molar-refractivity contribution in [1.82, 2.24) is 9.80 Å². The Kier molecular flexibility index (Phi) is 4.70. The Labute approximate surface area is 125 Å². The summed E-state index contributed by atoms with van der Waals surface area (Å²) in [7, 11) is 1.80. The van der Waals surface area contributed by atoms with E-state index in [9.17, 15) is 9.59 Å². The number of hydrogen-bond donors (Lipinski definition) is 0. The van der Waals surface area contributed by atoms with Gasteiger partial charge in [0.15, 0.2) is 0 Å². The number of aryl methyl sites for hydroxylation is 2. The van der Waals surface area contributed by atoms with Crippen LogP contribution < -0.4 is 0 Å². The first-order chi connectivity index (χ1) is 9.95. The van der Waals surface area contributed by atoms with E-state index in [0.29, 0.717) is 24.4 Å². The second-order valence-electron chi connectivity index (χ2n) is 5.74. The minimum absolute atomic E-state index is 0.0425. The Hall–Kier alpha value is -1.78. The number of amides is 2. The zero-order valence-electron chi connectivity index (χ0n) is 13.3. The van der Waals surface area contributed by atoms with Crippen molar-refractivity contribution in [2.75, 3.05) is 20.1 Å². The van der Waals surface area contributed by atoms with Gasteiger partial charge < -0.3 is 14.2 Å². The Bertz CT molecular complexity index is 536. The number of unbranched alkanes of at least 4 members (excludes halogenated alkanes) is 1. The van der Waals surface area contributed by atoms with Crippen LogP contribution in [0.25, 0.3) is 0 Å². The van der Waals surface area contributed by atoms with Crippen molar-refractivity contribution in [3.63, 3.8) is 0 Å². The van der Waals surface area contributed by atoms with E-state index >= 15 is 0 Å². The highest BCUT2D eigenvalue weighted by molar-refractivity contribution is 5.99. The standard InChI is InChI=1S/C16H24N2O3/c1-5-6-7-14-16(20)17(4)8-9-18(14)15(19)13-10-11(2)21-12(13)3/h10,14H,5-9H2,1-4H3/t14-/m1/s1. The van der Waals surface area contributed by atoms with Crippen LogP contribution in [0.3, 0.4) is 0 Å². The number of piperazine rings is 1. The molecule has 2 heterocycles. The summed E-state index contributed by atoms with van der Waals surface area (Å²) in [6, 6.07) is 1.42. The van der Waals surface area contributed by atoms with Crippen LogP contribution in [0, 0.1) is 13.8 Å². The van der Waals surface area contributed by atoms with Crippen molar-refractivity contribution >= 4 is 11.8 Å². The smallest absolute Gasteiger partial charge is 0.258 e. The van der Waals surface area contributed by atoms with Gasteiger partial charge in [0.2, 0.25) is 5.91 Å². The lowest BCUT2D eigenvalue weighted by atomic mass is 10.0. The van der Waals surface area contributed by atoms with Crippen molar-refractivity contribution in [2.24, 2.45) is 0 Å². The molecule has 1 aliphatic rings. The van der Waals surface area contributed by atoms with E-state index in [2.05, 4.69) is 6.92 Å². The van der Waals surface area contributed by atoms with Gasteiger partial charge in [0.05, 0.1) is 5.56 Å². The molecule has 0 unspecified atom stereocenters. The number of carbonyl (C=O) groups excluding carboxylic acids is 2. The molecule has 0 aliphatic carbocycles. The number of nitrogens with zero attached hydrogens (tertiary/aromatic N) is 2. The fraction of sp³-hybridized carbons (Fsp3) is 0.625. The van der Waals surface area contributed by atoms with Gasteiger partial charge in [-0.15, -0.1) is 0 Å². The fourth-order valence-corrected chi connectivity index (χ4v) is 2.83. The van der Waals surface area contributed by atoms with Crippen LogP contribution >= 0.6 is 0 Å². The molecule has 1 atom stereocenters. The molecule has 1 aliphatic heterocycles. The van der Waals surface area contributed by atoms with Crippen molar-refractivity contribution in [3.8, 4) is 0 Å². The summed E-state index contributed by atoms with van der Waals surface area (Å²) in [5.74, 6) is 1.30. The van der Waals surface area contributed by atoms with E-state index in [0.717, 1.165) is 25.0 Å². The molecule has 0 saturated carbocycles. The summed E-state index contributed by atoms with van der Waals surface area (Å²) in [5.41, 5.74) is 0.575. The normalized spacial score (nSPS) is 19.2. The summed E-state index contributed by atoms with van der Waals surface area (Å²) >= 11 is 0. The molecule has 5 nitrogen and oxygen atoms in total. The van der Waals surface area contributed by atoms with Crippen molar-refractivity contribution in [1.29, 1.82) is 0 Å². The lowest BCUT2D eigenvalue weighted by Gasteiger charge is -2.39. The first kappa shape index (κ1) is 15.6. The third-order valence-corrected chi connectivity index (χ3v) is 4.08. The van der Waals surface area contributed by atoms with E-state index in [-0.39, 0.29) is 17.9 Å².